The number of benzene rings is 3. The second-order valence-corrected chi connectivity index (χ2v) is 6.56. The van der Waals surface area contributed by atoms with E-state index >= 15 is 0 Å². The topological polar surface area (TPSA) is 80.9 Å². The van der Waals surface area contributed by atoms with Crippen molar-refractivity contribution < 1.29 is 13.9 Å². The number of hydrazone groups is 1. The molecule has 1 heterocycles. The minimum atomic E-state index is -0.423. The first-order chi connectivity index (χ1) is 14.1. The fourth-order valence-corrected chi connectivity index (χ4v) is 3.11. The van der Waals surface area contributed by atoms with E-state index in [1.807, 2.05) is 49.4 Å². The van der Waals surface area contributed by atoms with E-state index in [4.69, 9.17) is 9.15 Å². The third-order valence-corrected chi connectivity index (χ3v) is 4.51. The summed E-state index contributed by atoms with van der Waals surface area (Å²) < 4.78 is 10.7. The second-order valence-electron chi connectivity index (χ2n) is 6.56. The Morgan fingerprint density at radius 3 is 2.79 bits per heavy atom. The van der Waals surface area contributed by atoms with Crippen molar-refractivity contribution >= 4 is 33.9 Å². The standard InChI is InChI=1S/C23H18N2O4/c1-15-11-23(27)29-21-12-18(9-10-19(15)21)28-14-22(26)25-24-13-17-7-4-6-16-5-2-3-8-20(16)17/h2-13H,14H2,1H3,(H,25,26)/b24-13-. The van der Waals surface area contributed by atoms with Gasteiger partial charge in [-0.1, -0.05) is 42.5 Å². The summed E-state index contributed by atoms with van der Waals surface area (Å²) in [5.74, 6) is 0.0340. The summed E-state index contributed by atoms with van der Waals surface area (Å²) in [5, 5.41) is 6.99. The molecule has 0 bridgehead atoms. The van der Waals surface area contributed by atoms with Crippen molar-refractivity contribution in [1.82, 2.24) is 5.43 Å². The van der Waals surface area contributed by atoms with Gasteiger partial charge in [-0.2, -0.15) is 5.10 Å². The molecule has 0 saturated carbocycles. The molecular weight excluding hydrogens is 368 g/mol. The van der Waals surface area contributed by atoms with Crippen LogP contribution in [0.1, 0.15) is 11.1 Å². The normalized spacial score (nSPS) is 11.2. The summed E-state index contributed by atoms with van der Waals surface area (Å²) in [6.45, 7) is 1.62. The van der Waals surface area contributed by atoms with E-state index in [-0.39, 0.29) is 6.61 Å². The van der Waals surface area contributed by atoms with Gasteiger partial charge in [-0.25, -0.2) is 10.2 Å². The number of nitrogens with zero attached hydrogens (tertiary/aromatic N) is 1. The Kier molecular flexibility index (Phi) is 5.07. The molecule has 6 heteroatoms. The minimum absolute atomic E-state index is 0.214. The van der Waals surface area contributed by atoms with Gasteiger partial charge in [0.1, 0.15) is 11.3 Å². The zero-order chi connectivity index (χ0) is 20.2. The molecule has 4 rings (SSSR count). The van der Waals surface area contributed by atoms with Crippen LogP contribution >= 0.6 is 0 Å². The molecule has 0 aliphatic carbocycles. The lowest BCUT2D eigenvalue weighted by Crippen LogP contribution is -2.24. The van der Waals surface area contributed by atoms with Gasteiger partial charge in [0.2, 0.25) is 0 Å². The predicted molar refractivity (Wildman–Crippen MR) is 112 cm³/mol. The predicted octanol–water partition coefficient (Wildman–Crippen LogP) is 3.78. The number of ether oxygens (including phenoxy) is 1. The van der Waals surface area contributed by atoms with E-state index in [0.717, 1.165) is 27.3 Å². The van der Waals surface area contributed by atoms with Crippen LogP contribution in [0, 0.1) is 6.92 Å². The van der Waals surface area contributed by atoms with Crippen molar-refractivity contribution in [1.29, 1.82) is 0 Å². The van der Waals surface area contributed by atoms with Gasteiger partial charge >= 0.3 is 5.63 Å². The van der Waals surface area contributed by atoms with Crippen molar-refractivity contribution in [3.05, 3.63) is 88.3 Å². The van der Waals surface area contributed by atoms with E-state index < -0.39 is 11.5 Å². The molecule has 3 aromatic carbocycles. The Balaban J connectivity index is 1.39. The van der Waals surface area contributed by atoms with Gasteiger partial charge in [0.05, 0.1) is 6.21 Å². The van der Waals surface area contributed by atoms with Crippen molar-refractivity contribution in [2.45, 2.75) is 6.92 Å². The van der Waals surface area contributed by atoms with Gasteiger partial charge < -0.3 is 9.15 Å². The van der Waals surface area contributed by atoms with E-state index in [9.17, 15) is 9.59 Å². The molecule has 0 aliphatic heterocycles. The summed E-state index contributed by atoms with van der Waals surface area (Å²) in [6.07, 6.45) is 1.60. The molecule has 1 aromatic heterocycles. The summed E-state index contributed by atoms with van der Waals surface area (Å²) >= 11 is 0. The van der Waals surface area contributed by atoms with Crippen LogP contribution in [-0.4, -0.2) is 18.7 Å². The SMILES string of the molecule is Cc1cc(=O)oc2cc(OCC(=O)N/N=C\c3cccc4ccccc34)ccc12. The molecule has 0 saturated heterocycles. The fraction of sp³-hybridized carbons (Fsp3) is 0.0870. The second kappa shape index (κ2) is 7.98. The summed E-state index contributed by atoms with van der Waals surface area (Å²) in [4.78, 5) is 23.5. The maximum Gasteiger partial charge on any atom is 0.336 e. The first kappa shape index (κ1) is 18.4. The smallest absolute Gasteiger partial charge is 0.336 e. The first-order valence-electron chi connectivity index (χ1n) is 9.07. The van der Waals surface area contributed by atoms with E-state index in [2.05, 4.69) is 10.5 Å². The number of hydrogen-bond acceptors (Lipinski definition) is 5. The number of aryl methyl sites for hydroxylation is 1. The maximum absolute atomic E-state index is 12.0. The highest BCUT2D eigenvalue weighted by atomic mass is 16.5. The molecule has 4 aromatic rings. The Morgan fingerprint density at radius 1 is 1.07 bits per heavy atom. The fourth-order valence-electron chi connectivity index (χ4n) is 3.11. The molecule has 144 valence electrons. The molecule has 29 heavy (non-hydrogen) atoms. The zero-order valence-corrected chi connectivity index (χ0v) is 15.7. The Morgan fingerprint density at radius 2 is 1.90 bits per heavy atom. The summed E-state index contributed by atoms with van der Waals surface area (Å²) in [7, 11) is 0. The van der Waals surface area contributed by atoms with Gasteiger partial charge in [0.25, 0.3) is 5.91 Å². The molecule has 0 radical (unpaired) electrons. The summed E-state index contributed by atoms with van der Waals surface area (Å²) in [6, 6.07) is 20.4. The van der Waals surface area contributed by atoms with Crippen LogP contribution in [0.25, 0.3) is 21.7 Å². The Labute approximate surface area is 166 Å². The number of rotatable bonds is 5. The van der Waals surface area contributed by atoms with Crippen molar-refractivity contribution in [2.75, 3.05) is 6.61 Å². The lowest BCUT2D eigenvalue weighted by Gasteiger charge is -2.07. The maximum atomic E-state index is 12.0. The quantitative estimate of drug-likeness (QED) is 0.321. The number of carbonyl (C=O) groups excluding carboxylic acids is 1. The number of nitrogens with one attached hydrogen (secondary N) is 1. The number of carbonyl (C=O) groups is 1. The van der Waals surface area contributed by atoms with Crippen molar-refractivity contribution in [3.8, 4) is 5.75 Å². The van der Waals surface area contributed by atoms with Crippen LogP contribution in [-0.2, 0) is 4.79 Å². The van der Waals surface area contributed by atoms with Crippen LogP contribution in [0.4, 0.5) is 0 Å². The highest BCUT2D eigenvalue weighted by Gasteiger charge is 2.06. The number of fused-ring (bicyclic) bond motifs is 2. The third kappa shape index (κ3) is 4.16. The van der Waals surface area contributed by atoms with Gasteiger partial charge in [0.15, 0.2) is 6.61 Å². The van der Waals surface area contributed by atoms with Crippen molar-refractivity contribution in [2.24, 2.45) is 5.10 Å². The molecule has 0 aliphatic rings. The van der Waals surface area contributed by atoms with Crippen LogP contribution in [0.3, 0.4) is 0 Å². The molecule has 0 spiro atoms. The molecule has 0 unspecified atom stereocenters. The van der Waals surface area contributed by atoms with Crippen LogP contribution in [0.5, 0.6) is 5.75 Å². The van der Waals surface area contributed by atoms with E-state index in [0.29, 0.717) is 11.3 Å². The average Bonchev–Trinajstić information content (AvgIpc) is 2.72. The van der Waals surface area contributed by atoms with Crippen LogP contribution in [0.15, 0.2) is 81.0 Å². The monoisotopic (exact) mass is 386 g/mol. The molecule has 6 nitrogen and oxygen atoms in total. The summed E-state index contributed by atoms with van der Waals surface area (Å²) in [5.41, 5.74) is 4.18. The third-order valence-electron chi connectivity index (χ3n) is 4.51. The molecule has 0 atom stereocenters. The highest BCUT2D eigenvalue weighted by molar-refractivity contribution is 5.99. The Hall–Kier alpha value is -3.93. The molecule has 1 N–H and O–H groups in total. The zero-order valence-electron chi connectivity index (χ0n) is 15.7. The highest BCUT2D eigenvalue weighted by Crippen LogP contribution is 2.22. The number of amides is 1. The molecule has 1 amide bonds. The van der Waals surface area contributed by atoms with E-state index in [1.165, 1.54) is 6.07 Å². The van der Waals surface area contributed by atoms with Gasteiger partial charge in [-0.15, -0.1) is 0 Å². The van der Waals surface area contributed by atoms with Crippen LogP contribution in [0.2, 0.25) is 0 Å². The molecular formula is C23H18N2O4. The van der Waals surface area contributed by atoms with Gasteiger partial charge in [-0.3, -0.25) is 4.79 Å². The van der Waals surface area contributed by atoms with Gasteiger partial charge in [0, 0.05) is 23.1 Å². The molecule has 0 fully saturated rings. The minimum Gasteiger partial charge on any atom is -0.484 e. The lowest BCUT2D eigenvalue weighted by atomic mass is 10.1. The average molecular weight is 386 g/mol. The first-order valence-corrected chi connectivity index (χ1v) is 9.07. The van der Waals surface area contributed by atoms with E-state index in [1.54, 1.807) is 24.4 Å². The van der Waals surface area contributed by atoms with Gasteiger partial charge in [-0.05, 0) is 35.4 Å². The lowest BCUT2D eigenvalue weighted by molar-refractivity contribution is -0.123. The largest absolute Gasteiger partial charge is 0.484 e. The Bertz CT molecular complexity index is 1290. The van der Waals surface area contributed by atoms with Crippen molar-refractivity contribution in [3.63, 3.8) is 0 Å². The van der Waals surface area contributed by atoms with Crippen LogP contribution < -0.4 is 15.8 Å². The number of hydrogen-bond donors (Lipinski definition) is 1.